The number of hydrogen-bond donors (Lipinski definition) is 2. The molecule has 2 rings (SSSR count). The van der Waals surface area contributed by atoms with Gasteiger partial charge in [0.25, 0.3) is 0 Å². The summed E-state index contributed by atoms with van der Waals surface area (Å²) in [5, 5.41) is 2.43. The van der Waals surface area contributed by atoms with Crippen LogP contribution in [0.5, 0.6) is 0 Å². The first-order valence-corrected chi connectivity index (χ1v) is 7.14. The van der Waals surface area contributed by atoms with Gasteiger partial charge in [0.1, 0.15) is 19.6 Å². The molecule has 0 unspecified atom stereocenters. The number of nitrogens with one attached hydrogen (secondary N) is 1. The summed E-state index contributed by atoms with van der Waals surface area (Å²) in [5.74, 6) is 0. The van der Waals surface area contributed by atoms with Crippen molar-refractivity contribution in [2.45, 2.75) is 19.9 Å². The smallest absolute Gasteiger partial charge is 0.101 e. The number of morpholine rings is 1. The first-order valence-electron chi connectivity index (χ1n) is 7.14. The largest absolute Gasteiger partial charge is 0.370 e. The molecule has 0 amide bonds. The van der Waals surface area contributed by atoms with Gasteiger partial charge in [0, 0.05) is 12.0 Å². The third-order valence-electron chi connectivity index (χ3n) is 3.76. The van der Waals surface area contributed by atoms with Gasteiger partial charge in [0.05, 0.1) is 26.3 Å². The summed E-state index contributed by atoms with van der Waals surface area (Å²) >= 11 is 0. The minimum absolute atomic E-state index is 0.947. The van der Waals surface area contributed by atoms with Crippen molar-refractivity contribution in [3.8, 4) is 0 Å². The SMILES string of the molecule is Cc1ccccc1C[NH2+]CCC[NH+]1CCOCC1. The Labute approximate surface area is 110 Å². The van der Waals surface area contributed by atoms with Gasteiger partial charge in [-0.2, -0.15) is 0 Å². The Balaban J connectivity index is 1.57. The molecule has 3 nitrogen and oxygen atoms in total. The number of aryl methyl sites for hydroxylation is 1. The molecule has 0 aliphatic carbocycles. The second-order valence-electron chi connectivity index (χ2n) is 5.17. The van der Waals surface area contributed by atoms with E-state index in [1.807, 2.05) is 0 Å². The normalized spacial score (nSPS) is 16.9. The van der Waals surface area contributed by atoms with Gasteiger partial charge in [-0.05, 0) is 12.5 Å². The average Bonchev–Trinajstić information content (AvgIpc) is 2.42. The third-order valence-corrected chi connectivity index (χ3v) is 3.76. The fraction of sp³-hybridized carbons (Fsp3) is 0.600. The monoisotopic (exact) mass is 250 g/mol. The minimum Gasteiger partial charge on any atom is -0.370 e. The molecule has 100 valence electrons. The maximum absolute atomic E-state index is 5.37. The first-order chi connectivity index (χ1) is 8.86. The highest BCUT2D eigenvalue weighted by Crippen LogP contribution is 2.03. The van der Waals surface area contributed by atoms with Crippen LogP contribution < -0.4 is 10.2 Å². The van der Waals surface area contributed by atoms with Crippen molar-refractivity contribution in [1.29, 1.82) is 0 Å². The summed E-state index contributed by atoms with van der Waals surface area (Å²) in [6, 6.07) is 8.68. The van der Waals surface area contributed by atoms with E-state index in [2.05, 4.69) is 36.5 Å². The number of nitrogens with two attached hydrogens (primary N) is 1. The first kappa shape index (κ1) is 13.5. The van der Waals surface area contributed by atoms with Gasteiger partial charge < -0.3 is 15.0 Å². The Hall–Kier alpha value is -0.900. The molecule has 1 fully saturated rings. The van der Waals surface area contributed by atoms with E-state index in [1.165, 1.54) is 43.7 Å². The summed E-state index contributed by atoms with van der Waals surface area (Å²) in [7, 11) is 0. The van der Waals surface area contributed by atoms with Crippen molar-refractivity contribution in [1.82, 2.24) is 0 Å². The highest BCUT2D eigenvalue weighted by Gasteiger charge is 2.12. The summed E-state index contributed by atoms with van der Waals surface area (Å²) in [6.07, 6.45) is 1.31. The average molecular weight is 250 g/mol. The third kappa shape index (κ3) is 4.41. The van der Waals surface area contributed by atoms with Crippen molar-refractivity contribution in [3.05, 3.63) is 35.4 Å². The van der Waals surface area contributed by atoms with Crippen LogP contribution in [-0.2, 0) is 11.3 Å². The highest BCUT2D eigenvalue weighted by molar-refractivity contribution is 5.24. The fourth-order valence-corrected chi connectivity index (χ4v) is 2.50. The predicted octanol–water partition coefficient (Wildman–Crippen LogP) is -0.636. The molecule has 1 aromatic rings. The van der Waals surface area contributed by atoms with Crippen molar-refractivity contribution in [2.24, 2.45) is 0 Å². The lowest BCUT2D eigenvalue weighted by Gasteiger charge is -2.23. The molecule has 1 heterocycles. The Morgan fingerprint density at radius 1 is 1.22 bits per heavy atom. The molecule has 0 bridgehead atoms. The molecule has 0 atom stereocenters. The summed E-state index contributed by atoms with van der Waals surface area (Å²) in [5.41, 5.74) is 2.88. The van der Waals surface area contributed by atoms with Crippen LogP contribution in [-0.4, -0.2) is 39.4 Å². The quantitative estimate of drug-likeness (QED) is 0.647. The van der Waals surface area contributed by atoms with Crippen LogP contribution in [0.4, 0.5) is 0 Å². The zero-order valence-electron chi connectivity index (χ0n) is 11.5. The predicted molar refractivity (Wildman–Crippen MR) is 72.7 cm³/mol. The van der Waals surface area contributed by atoms with E-state index in [-0.39, 0.29) is 0 Å². The Morgan fingerprint density at radius 2 is 2.00 bits per heavy atom. The minimum atomic E-state index is 0.947. The van der Waals surface area contributed by atoms with Gasteiger partial charge in [0.2, 0.25) is 0 Å². The molecule has 1 saturated heterocycles. The summed E-state index contributed by atoms with van der Waals surface area (Å²) < 4.78 is 5.37. The molecule has 3 heteroatoms. The maximum Gasteiger partial charge on any atom is 0.101 e. The van der Waals surface area contributed by atoms with E-state index in [0.29, 0.717) is 0 Å². The van der Waals surface area contributed by atoms with Crippen LogP contribution in [0, 0.1) is 6.92 Å². The molecule has 18 heavy (non-hydrogen) atoms. The molecule has 0 saturated carbocycles. The standard InChI is InChI=1S/C15H24N2O/c1-14-5-2-3-6-15(14)13-16-7-4-8-17-9-11-18-12-10-17/h2-3,5-6,16H,4,7-13H2,1H3/p+2. The number of rotatable bonds is 6. The summed E-state index contributed by atoms with van der Waals surface area (Å²) in [4.78, 5) is 1.71. The molecule has 3 N–H and O–H groups in total. The second kappa shape index (κ2) is 7.52. The van der Waals surface area contributed by atoms with Crippen molar-refractivity contribution in [2.75, 3.05) is 39.4 Å². The van der Waals surface area contributed by atoms with E-state index in [4.69, 9.17) is 4.74 Å². The molecular weight excluding hydrogens is 224 g/mol. The van der Waals surface area contributed by atoms with E-state index in [1.54, 1.807) is 4.90 Å². The van der Waals surface area contributed by atoms with Gasteiger partial charge >= 0.3 is 0 Å². The topological polar surface area (TPSA) is 30.3 Å². The molecular formula is C15H26N2O+2. The second-order valence-corrected chi connectivity index (χ2v) is 5.17. The maximum atomic E-state index is 5.37. The van der Waals surface area contributed by atoms with E-state index < -0.39 is 0 Å². The Kier molecular flexibility index (Phi) is 5.65. The van der Waals surface area contributed by atoms with Crippen LogP contribution in [0.15, 0.2) is 24.3 Å². The lowest BCUT2D eigenvalue weighted by molar-refractivity contribution is -0.909. The zero-order valence-corrected chi connectivity index (χ0v) is 11.5. The molecule has 1 aliphatic heterocycles. The number of ether oxygens (including phenoxy) is 1. The van der Waals surface area contributed by atoms with E-state index >= 15 is 0 Å². The molecule has 1 aromatic carbocycles. The van der Waals surface area contributed by atoms with Gasteiger partial charge in [-0.3, -0.25) is 0 Å². The van der Waals surface area contributed by atoms with Crippen molar-refractivity contribution >= 4 is 0 Å². The van der Waals surface area contributed by atoms with Gasteiger partial charge in [0.15, 0.2) is 0 Å². The van der Waals surface area contributed by atoms with Crippen LogP contribution in [0.25, 0.3) is 0 Å². The van der Waals surface area contributed by atoms with Gasteiger partial charge in [-0.25, -0.2) is 0 Å². The highest BCUT2D eigenvalue weighted by atomic mass is 16.5. The molecule has 0 spiro atoms. The number of hydrogen-bond acceptors (Lipinski definition) is 1. The Bertz CT molecular complexity index is 348. The number of benzene rings is 1. The summed E-state index contributed by atoms with van der Waals surface area (Å²) in [6.45, 7) is 10.1. The molecule has 1 aliphatic rings. The number of quaternary nitrogens is 2. The van der Waals surface area contributed by atoms with Gasteiger partial charge in [-0.1, -0.05) is 24.3 Å². The lowest BCUT2D eigenvalue weighted by Crippen LogP contribution is -3.14. The Morgan fingerprint density at radius 3 is 2.78 bits per heavy atom. The fourth-order valence-electron chi connectivity index (χ4n) is 2.50. The lowest BCUT2D eigenvalue weighted by atomic mass is 10.1. The van der Waals surface area contributed by atoms with Crippen LogP contribution in [0.2, 0.25) is 0 Å². The molecule has 0 aromatic heterocycles. The van der Waals surface area contributed by atoms with Crippen LogP contribution >= 0.6 is 0 Å². The molecule has 0 radical (unpaired) electrons. The van der Waals surface area contributed by atoms with Crippen molar-refractivity contribution < 1.29 is 15.0 Å². The van der Waals surface area contributed by atoms with Crippen molar-refractivity contribution in [3.63, 3.8) is 0 Å². The van der Waals surface area contributed by atoms with E-state index in [0.717, 1.165) is 19.8 Å². The van der Waals surface area contributed by atoms with Crippen LogP contribution in [0.1, 0.15) is 17.5 Å². The zero-order chi connectivity index (χ0) is 12.6. The van der Waals surface area contributed by atoms with E-state index in [9.17, 15) is 0 Å². The van der Waals surface area contributed by atoms with Gasteiger partial charge in [-0.15, -0.1) is 0 Å². The van der Waals surface area contributed by atoms with Crippen LogP contribution in [0.3, 0.4) is 0 Å².